The Balaban J connectivity index is 1.91. The quantitative estimate of drug-likeness (QED) is 0.691. The van der Waals surface area contributed by atoms with Crippen molar-refractivity contribution in [1.29, 1.82) is 0 Å². The van der Waals surface area contributed by atoms with E-state index >= 15 is 0 Å². The Kier molecular flexibility index (Phi) is 5.02. The molecule has 1 aliphatic heterocycles. The summed E-state index contributed by atoms with van der Waals surface area (Å²) in [7, 11) is 0. The Morgan fingerprint density at radius 3 is 2.50 bits per heavy atom. The van der Waals surface area contributed by atoms with Crippen molar-refractivity contribution < 1.29 is 17.6 Å². The highest BCUT2D eigenvalue weighted by atomic mass is 19.4. The van der Waals surface area contributed by atoms with E-state index in [-0.39, 0.29) is 18.7 Å². The molecule has 0 bridgehead atoms. The number of aryl methyl sites for hydroxylation is 1. The molecule has 0 N–H and O–H groups in total. The summed E-state index contributed by atoms with van der Waals surface area (Å²) < 4.78 is 53.7. The van der Waals surface area contributed by atoms with Crippen LogP contribution in [-0.2, 0) is 13.1 Å². The van der Waals surface area contributed by atoms with Crippen molar-refractivity contribution in [1.82, 2.24) is 9.55 Å². The first-order valence-corrected chi connectivity index (χ1v) is 8.51. The summed E-state index contributed by atoms with van der Waals surface area (Å²) in [5, 5.41) is 0. The zero-order valence-corrected chi connectivity index (χ0v) is 14.6. The van der Waals surface area contributed by atoms with Crippen LogP contribution in [0.1, 0.15) is 32.4 Å². The number of nitrogens with zero attached hydrogens (tertiary/aromatic N) is 4. The van der Waals surface area contributed by atoms with Gasteiger partial charge in [-0.05, 0) is 37.6 Å². The van der Waals surface area contributed by atoms with Crippen molar-refractivity contribution in [3.8, 4) is 0 Å². The minimum Gasteiger partial charge on any atom is -0.324 e. The van der Waals surface area contributed by atoms with Crippen LogP contribution in [0.15, 0.2) is 35.6 Å². The number of hydrogen-bond acceptors (Lipinski definition) is 3. The Bertz CT molecular complexity index is 793. The zero-order chi connectivity index (χ0) is 18.9. The van der Waals surface area contributed by atoms with Crippen LogP contribution in [0.4, 0.5) is 29.1 Å². The Morgan fingerprint density at radius 2 is 1.88 bits per heavy atom. The fourth-order valence-corrected chi connectivity index (χ4v) is 2.87. The van der Waals surface area contributed by atoms with Gasteiger partial charge in [-0.1, -0.05) is 6.92 Å². The van der Waals surface area contributed by atoms with Crippen LogP contribution in [-0.4, -0.2) is 21.6 Å². The van der Waals surface area contributed by atoms with Gasteiger partial charge in [-0.25, -0.2) is 14.4 Å². The number of fused-ring (bicyclic) bond motifs is 1. The molecule has 0 saturated heterocycles. The number of aromatic nitrogens is 2. The maximum absolute atomic E-state index is 13.2. The SMILES string of the molecule is CCn1cnc2c1N=C(CCC(C)C(F)(F)F)N(c1ccc(F)cc1)C2. The Morgan fingerprint density at radius 1 is 1.19 bits per heavy atom. The molecular weight excluding hydrogens is 348 g/mol. The number of halogens is 4. The van der Waals surface area contributed by atoms with Gasteiger partial charge in [-0.2, -0.15) is 13.2 Å². The molecule has 0 fully saturated rings. The number of rotatable bonds is 5. The Hall–Kier alpha value is -2.38. The highest BCUT2D eigenvalue weighted by molar-refractivity contribution is 6.00. The molecule has 2 aromatic rings. The summed E-state index contributed by atoms with van der Waals surface area (Å²) in [6.45, 7) is 4.20. The maximum Gasteiger partial charge on any atom is 0.391 e. The molecule has 26 heavy (non-hydrogen) atoms. The van der Waals surface area contributed by atoms with Crippen LogP contribution in [0.5, 0.6) is 0 Å². The topological polar surface area (TPSA) is 33.4 Å². The number of anilines is 1. The van der Waals surface area contributed by atoms with Crippen molar-refractivity contribution in [3.63, 3.8) is 0 Å². The third-order valence-corrected chi connectivity index (χ3v) is 4.58. The summed E-state index contributed by atoms with van der Waals surface area (Å²) in [5.41, 5.74) is 1.44. The normalized spacial score (nSPS) is 15.6. The summed E-state index contributed by atoms with van der Waals surface area (Å²) in [6, 6.07) is 5.84. The lowest BCUT2D eigenvalue weighted by atomic mass is 10.0. The molecule has 0 amide bonds. The number of imidazole rings is 1. The fraction of sp³-hybridized carbons (Fsp3) is 0.444. The van der Waals surface area contributed by atoms with Crippen molar-refractivity contribution in [2.45, 2.75) is 46.0 Å². The number of amidine groups is 1. The van der Waals surface area contributed by atoms with Gasteiger partial charge in [0.1, 0.15) is 17.3 Å². The molecule has 0 spiro atoms. The summed E-state index contributed by atoms with van der Waals surface area (Å²) in [5.74, 6) is -0.570. The molecule has 0 saturated carbocycles. The van der Waals surface area contributed by atoms with Crippen LogP contribution in [0.3, 0.4) is 0 Å². The number of alkyl halides is 3. The largest absolute Gasteiger partial charge is 0.391 e. The van der Waals surface area contributed by atoms with E-state index in [2.05, 4.69) is 9.98 Å². The molecule has 3 rings (SSSR count). The number of hydrogen-bond donors (Lipinski definition) is 0. The van der Waals surface area contributed by atoms with Crippen molar-refractivity contribution in [3.05, 3.63) is 42.1 Å². The monoisotopic (exact) mass is 368 g/mol. The van der Waals surface area contributed by atoms with Gasteiger partial charge in [0.2, 0.25) is 0 Å². The van der Waals surface area contributed by atoms with Gasteiger partial charge in [-0.15, -0.1) is 0 Å². The van der Waals surface area contributed by atoms with E-state index in [0.29, 0.717) is 30.4 Å². The van der Waals surface area contributed by atoms with Crippen LogP contribution in [0, 0.1) is 11.7 Å². The number of benzene rings is 1. The third-order valence-electron chi connectivity index (χ3n) is 4.58. The van der Waals surface area contributed by atoms with Crippen LogP contribution in [0.2, 0.25) is 0 Å². The molecule has 8 heteroatoms. The lowest BCUT2D eigenvalue weighted by molar-refractivity contribution is -0.170. The minimum absolute atomic E-state index is 0.0599. The van der Waals surface area contributed by atoms with Gasteiger partial charge in [-0.3, -0.25) is 0 Å². The average molecular weight is 368 g/mol. The molecule has 2 heterocycles. The standard InChI is InChI=1S/C18H20F4N4/c1-3-25-11-23-15-10-26(14-7-5-13(19)6-8-14)16(24-17(15)25)9-4-12(2)18(20,21)22/h5-8,11-12H,3-4,9-10H2,1-2H3. The third kappa shape index (κ3) is 3.73. The van der Waals surface area contributed by atoms with Gasteiger partial charge in [0.05, 0.1) is 18.8 Å². The molecule has 1 aromatic carbocycles. The second kappa shape index (κ2) is 7.09. The first kappa shape index (κ1) is 18.4. The Labute approximate surface area is 149 Å². The van der Waals surface area contributed by atoms with Crippen LogP contribution < -0.4 is 4.90 Å². The van der Waals surface area contributed by atoms with Gasteiger partial charge in [0, 0.05) is 18.7 Å². The molecule has 1 atom stereocenters. The van der Waals surface area contributed by atoms with E-state index in [9.17, 15) is 17.6 Å². The minimum atomic E-state index is -4.23. The summed E-state index contributed by atoms with van der Waals surface area (Å²) in [4.78, 5) is 10.7. The van der Waals surface area contributed by atoms with Crippen molar-refractivity contribution >= 4 is 17.3 Å². The van der Waals surface area contributed by atoms with E-state index in [1.54, 1.807) is 23.4 Å². The lowest BCUT2D eigenvalue weighted by Gasteiger charge is -2.30. The van der Waals surface area contributed by atoms with E-state index < -0.39 is 12.1 Å². The van der Waals surface area contributed by atoms with E-state index in [4.69, 9.17) is 0 Å². The molecule has 4 nitrogen and oxygen atoms in total. The van der Waals surface area contributed by atoms with Gasteiger partial charge in [0.25, 0.3) is 0 Å². The summed E-state index contributed by atoms with van der Waals surface area (Å²) >= 11 is 0. The predicted molar refractivity (Wildman–Crippen MR) is 92.0 cm³/mol. The second-order valence-electron chi connectivity index (χ2n) is 6.37. The van der Waals surface area contributed by atoms with E-state index in [1.165, 1.54) is 19.1 Å². The van der Waals surface area contributed by atoms with Gasteiger partial charge in [0.15, 0.2) is 5.82 Å². The average Bonchev–Trinajstić information content (AvgIpc) is 3.00. The number of aliphatic imine (C=N–C) groups is 1. The van der Waals surface area contributed by atoms with Gasteiger partial charge < -0.3 is 9.47 Å². The van der Waals surface area contributed by atoms with Crippen molar-refractivity contribution in [2.75, 3.05) is 4.90 Å². The molecule has 1 aromatic heterocycles. The van der Waals surface area contributed by atoms with E-state index in [0.717, 1.165) is 5.69 Å². The molecule has 1 aliphatic rings. The molecule has 0 aliphatic carbocycles. The second-order valence-corrected chi connectivity index (χ2v) is 6.37. The lowest BCUT2D eigenvalue weighted by Crippen LogP contribution is -2.34. The first-order valence-electron chi connectivity index (χ1n) is 8.51. The summed E-state index contributed by atoms with van der Waals surface area (Å²) in [6.07, 6.45) is -2.44. The first-order chi connectivity index (χ1) is 12.3. The van der Waals surface area contributed by atoms with E-state index in [1.807, 2.05) is 11.5 Å². The zero-order valence-electron chi connectivity index (χ0n) is 14.6. The highest BCUT2D eigenvalue weighted by Gasteiger charge is 2.36. The molecule has 1 unspecified atom stereocenters. The smallest absolute Gasteiger partial charge is 0.324 e. The van der Waals surface area contributed by atoms with Crippen LogP contribution in [0.25, 0.3) is 0 Å². The fourth-order valence-electron chi connectivity index (χ4n) is 2.87. The molecule has 140 valence electrons. The highest BCUT2D eigenvalue weighted by Crippen LogP contribution is 2.33. The van der Waals surface area contributed by atoms with Gasteiger partial charge >= 0.3 is 6.18 Å². The molecular formula is C18H20F4N4. The maximum atomic E-state index is 13.2. The van der Waals surface area contributed by atoms with Crippen LogP contribution >= 0.6 is 0 Å². The molecule has 0 radical (unpaired) electrons. The van der Waals surface area contributed by atoms with Crippen molar-refractivity contribution in [2.24, 2.45) is 10.9 Å². The predicted octanol–water partition coefficient (Wildman–Crippen LogP) is 5.07.